The van der Waals surface area contributed by atoms with Crippen LogP contribution in [0.3, 0.4) is 0 Å². The van der Waals surface area contributed by atoms with Crippen LogP contribution in [0.1, 0.15) is 5.82 Å². The van der Waals surface area contributed by atoms with Crippen molar-refractivity contribution in [2.75, 3.05) is 43.4 Å². The Morgan fingerprint density at radius 2 is 1.78 bits per heavy atom. The van der Waals surface area contributed by atoms with Crippen molar-refractivity contribution in [1.29, 1.82) is 0 Å². The number of nitrogens with zero attached hydrogens (tertiary/aromatic N) is 4. The third kappa shape index (κ3) is 4.05. The molecule has 2 aromatic rings. The first-order valence-corrected chi connectivity index (χ1v) is 8.28. The molecule has 1 aliphatic heterocycles. The highest BCUT2D eigenvalue weighted by molar-refractivity contribution is 6.36. The largest absolute Gasteiger partial charge is 0.354 e. The lowest BCUT2D eigenvalue weighted by atomic mass is 10.3. The zero-order valence-corrected chi connectivity index (χ0v) is 14.7. The van der Waals surface area contributed by atoms with Crippen LogP contribution in [0.15, 0.2) is 24.3 Å². The van der Waals surface area contributed by atoms with Crippen molar-refractivity contribution >= 4 is 40.5 Å². The van der Waals surface area contributed by atoms with Gasteiger partial charge in [-0.15, -0.1) is 0 Å². The van der Waals surface area contributed by atoms with Gasteiger partial charge in [-0.3, -0.25) is 0 Å². The van der Waals surface area contributed by atoms with E-state index >= 15 is 0 Å². The van der Waals surface area contributed by atoms with Gasteiger partial charge >= 0.3 is 0 Å². The van der Waals surface area contributed by atoms with Gasteiger partial charge in [0.1, 0.15) is 17.5 Å². The smallest absolute Gasteiger partial charge is 0.136 e. The zero-order valence-electron chi connectivity index (χ0n) is 13.2. The van der Waals surface area contributed by atoms with Crippen molar-refractivity contribution in [2.45, 2.75) is 6.92 Å². The molecule has 1 aromatic heterocycles. The highest BCUT2D eigenvalue weighted by Crippen LogP contribution is 2.28. The van der Waals surface area contributed by atoms with Crippen LogP contribution in [-0.2, 0) is 0 Å². The normalized spacial score (nSPS) is 15.7. The van der Waals surface area contributed by atoms with Gasteiger partial charge in [0.05, 0.1) is 10.7 Å². The van der Waals surface area contributed by atoms with Crippen molar-refractivity contribution in [2.24, 2.45) is 0 Å². The van der Waals surface area contributed by atoms with E-state index in [2.05, 4.69) is 32.1 Å². The van der Waals surface area contributed by atoms with Crippen LogP contribution in [0.5, 0.6) is 0 Å². The van der Waals surface area contributed by atoms with E-state index in [1.165, 1.54) is 0 Å². The molecular weight excluding hydrogens is 333 g/mol. The summed E-state index contributed by atoms with van der Waals surface area (Å²) in [6.07, 6.45) is 0. The monoisotopic (exact) mass is 351 g/mol. The van der Waals surface area contributed by atoms with Crippen LogP contribution in [-0.4, -0.2) is 48.1 Å². The first-order valence-electron chi connectivity index (χ1n) is 7.52. The number of piperazine rings is 1. The molecule has 0 saturated carbocycles. The summed E-state index contributed by atoms with van der Waals surface area (Å²) in [5, 5.41) is 4.42. The third-order valence-corrected chi connectivity index (χ3v) is 4.39. The Balaban J connectivity index is 1.82. The molecular formula is C16H19Cl2N5. The molecule has 1 N–H and O–H groups in total. The number of rotatable bonds is 3. The molecule has 1 aromatic carbocycles. The molecule has 5 nitrogen and oxygen atoms in total. The maximum atomic E-state index is 6.22. The van der Waals surface area contributed by atoms with Gasteiger partial charge in [0.15, 0.2) is 0 Å². The van der Waals surface area contributed by atoms with Crippen LogP contribution in [0.25, 0.3) is 0 Å². The number of aromatic nitrogens is 2. The number of nitrogens with one attached hydrogen (secondary N) is 1. The summed E-state index contributed by atoms with van der Waals surface area (Å²) in [6, 6.07) is 7.31. The average molecular weight is 352 g/mol. The standard InChI is InChI=1S/C16H19Cl2N5/c1-11-19-15(21-14-4-3-12(17)9-13(14)18)10-16(20-11)23-7-5-22(2)6-8-23/h3-4,9-10H,5-8H2,1-2H3,(H,19,20,21). The summed E-state index contributed by atoms with van der Waals surface area (Å²) in [6.45, 7) is 5.90. The fourth-order valence-electron chi connectivity index (χ4n) is 2.54. The summed E-state index contributed by atoms with van der Waals surface area (Å²) in [4.78, 5) is 13.6. The second-order valence-electron chi connectivity index (χ2n) is 5.70. The molecule has 2 heterocycles. The van der Waals surface area contributed by atoms with Crippen LogP contribution in [0.2, 0.25) is 10.0 Å². The topological polar surface area (TPSA) is 44.3 Å². The number of hydrogen-bond donors (Lipinski definition) is 1. The number of halogens is 2. The maximum Gasteiger partial charge on any atom is 0.136 e. The van der Waals surface area contributed by atoms with Crippen molar-refractivity contribution in [1.82, 2.24) is 14.9 Å². The summed E-state index contributed by atoms with van der Waals surface area (Å²) >= 11 is 12.2. The van der Waals surface area contributed by atoms with Crippen LogP contribution in [0, 0.1) is 6.92 Å². The van der Waals surface area contributed by atoms with Crippen molar-refractivity contribution in [3.05, 3.63) is 40.1 Å². The van der Waals surface area contributed by atoms with E-state index in [4.69, 9.17) is 23.2 Å². The van der Waals surface area contributed by atoms with Crippen molar-refractivity contribution < 1.29 is 0 Å². The second kappa shape index (κ2) is 6.91. The Hall–Kier alpha value is -1.56. The SMILES string of the molecule is Cc1nc(Nc2ccc(Cl)cc2Cl)cc(N2CCN(C)CC2)n1. The number of hydrogen-bond acceptors (Lipinski definition) is 5. The summed E-state index contributed by atoms with van der Waals surface area (Å²) in [7, 11) is 2.14. The highest BCUT2D eigenvalue weighted by Gasteiger charge is 2.16. The van der Waals surface area contributed by atoms with Crippen molar-refractivity contribution in [3.63, 3.8) is 0 Å². The van der Waals surface area contributed by atoms with E-state index in [9.17, 15) is 0 Å². The van der Waals surface area contributed by atoms with Crippen molar-refractivity contribution in [3.8, 4) is 0 Å². The van der Waals surface area contributed by atoms with Crippen LogP contribution < -0.4 is 10.2 Å². The molecule has 0 spiro atoms. The van der Waals surface area contributed by atoms with E-state index in [0.29, 0.717) is 10.0 Å². The molecule has 0 bridgehead atoms. The van der Waals surface area contributed by atoms with Gasteiger partial charge < -0.3 is 15.1 Å². The lowest BCUT2D eigenvalue weighted by Gasteiger charge is -2.33. The Morgan fingerprint density at radius 1 is 1.04 bits per heavy atom. The second-order valence-corrected chi connectivity index (χ2v) is 6.54. The number of benzene rings is 1. The molecule has 122 valence electrons. The molecule has 0 unspecified atom stereocenters. The molecule has 1 fully saturated rings. The molecule has 3 rings (SSSR count). The van der Waals surface area contributed by atoms with E-state index < -0.39 is 0 Å². The summed E-state index contributed by atoms with van der Waals surface area (Å²) in [5.74, 6) is 2.41. The number of aryl methyl sites for hydroxylation is 1. The predicted octanol–water partition coefficient (Wildman–Crippen LogP) is 3.59. The average Bonchev–Trinajstić information content (AvgIpc) is 2.50. The molecule has 0 aliphatic carbocycles. The Labute approximate surface area is 146 Å². The number of likely N-dealkylation sites (N-methyl/N-ethyl adjacent to an activating group) is 1. The van der Waals surface area contributed by atoms with Gasteiger partial charge in [0.2, 0.25) is 0 Å². The van der Waals surface area contributed by atoms with E-state index in [1.54, 1.807) is 12.1 Å². The van der Waals surface area contributed by atoms with Crippen LogP contribution in [0.4, 0.5) is 17.3 Å². The number of anilines is 3. The highest BCUT2D eigenvalue weighted by atomic mass is 35.5. The quantitative estimate of drug-likeness (QED) is 0.915. The lowest BCUT2D eigenvalue weighted by Crippen LogP contribution is -2.44. The summed E-state index contributed by atoms with van der Waals surface area (Å²) in [5.41, 5.74) is 0.776. The molecule has 0 atom stereocenters. The Kier molecular flexibility index (Phi) is 4.90. The van der Waals surface area contributed by atoms with E-state index in [0.717, 1.165) is 49.3 Å². The molecule has 0 radical (unpaired) electrons. The minimum absolute atomic E-state index is 0.565. The van der Waals surface area contributed by atoms with E-state index in [1.807, 2.05) is 19.1 Å². The lowest BCUT2D eigenvalue weighted by molar-refractivity contribution is 0.312. The Bertz CT molecular complexity index is 699. The first kappa shape index (κ1) is 16.3. The Morgan fingerprint density at radius 3 is 2.48 bits per heavy atom. The van der Waals surface area contributed by atoms with Crippen LogP contribution >= 0.6 is 23.2 Å². The minimum atomic E-state index is 0.565. The van der Waals surface area contributed by atoms with Gasteiger partial charge in [-0.1, -0.05) is 23.2 Å². The molecule has 1 aliphatic rings. The minimum Gasteiger partial charge on any atom is -0.354 e. The predicted molar refractivity (Wildman–Crippen MR) is 96.2 cm³/mol. The van der Waals surface area contributed by atoms with Gasteiger partial charge in [0.25, 0.3) is 0 Å². The molecule has 0 amide bonds. The van der Waals surface area contributed by atoms with E-state index in [-0.39, 0.29) is 0 Å². The fraction of sp³-hybridized carbons (Fsp3) is 0.375. The summed E-state index contributed by atoms with van der Waals surface area (Å²) < 4.78 is 0. The van der Waals surface area contributed by atoms with Gasteiger partial charge in [0, 0.05) is 37.3 Å². The molecule has 7 heteroatoms. The fourth-order valence-corrected chi connectivity index (χ4v) is 3.00. The molecule has 1 saturated heterocycles. The van der Waals surface area contributed by atoms with Gasteiger partial charge in [-0.05, 0) is 32.2 Å². The maximum absolute atomic E-state index is 6.22. The third-order valence-electron chi connectivity index (χ3n) is 3.85. The zero-order chi connectivity index (χ0) is 16.4. The first-order chi connectivity index (χ1) is 11.0. The van der Waals surface area contributed by atoms with Gasteiger partial charge in [-0.2, -0.15) is 0 Å². The van der Waals surface area contributed by atoms with Gasteiger partial charge in [-0.25, -0.2) is 9.97 Å². The molecule has 23 heavy (non-hydrogen) atoms.